The Kier molecular flexibility index (Phi) is 4.96. The Hall–Kier alpha value is -2.84. The van der Waals surface area contributed by atoms with E-state index in [1.165, 1.54) is 16.9 Å². The van der Waals surface area contributed by atoms with Gasteiger partial charge >= 0.3 is 0 Å². The van der Waals surface area contributed by atoms with Gasteiger partial charge < -0.3 is 15.4 Å². The third kappa shape index (κ3) is 3.57. The normalized spacial score (nSPS) is 17.7. The van der Waals surface area contributed by atoms with Gasteiger partial charge in [0.15, 0.2) is 0 Å². The third-order valence-electron chi connectivity index (χ3n) is 5.89. The molecule has 2 aliphatic heterocycles. The molecule has 1 fully saturated rings. The van der Waals surface area contributed by atoms with Crippen molar-refractivity contribution >= 4 is 23.2 Å². The molecule has 2 aliphatic rings. The van der Waals surface area contributed by atoms with Gasteiger partial charge in [-0.05, 0) is 30.4 Å². The first kappa shape index (κ1) is 19.1. The third-order valence-corrected chi connectivity index (χ3v) is 6.74. The maximum Gasteiger partial charge on any atom is 0.273 e. The van der Waals surface area contributed by atoms with Crippen LogP contribution in [0.25, 0.3) is 0 Å². The van der Waals surface area contributed by atoms with E-state index in [9.17, 15) is 4.79 Å². The molecule has 1 spiro atoms. The first-order chi connectivity index (χ1) is 14.6. The average molecular weight is 422 g/mol. The van der Waals surface area contributed by atoms with E-state index in [-0.39, 0.29) is 11.9 Å². The molecule has 1 saturated heterocycles. The number of nitrogens with two attached hydrogens (primary N) is 1. The van der Waals surface area contributed by atoms with Gasteiger partial charge in [0.05, 0.1) is 17.3 Å². The zero-order chi connectivity index (χ0) is 20.6. The van der Waals surface area contributed by atoms with Crippen LogP contribution >= 0.6 is 11.3 Å². The number of ether oxygens (including phenoxy) is 1. The van der Waals surface area contributed by atoms with E-state index in [2.05, 4.69) is 27.1 Å². The van der Waals surface area contributed by atoms with Crippen LogP contribution in [0.5, 0.6) is 0 Å². The lowest BCUT2D eigenvalue weighted by atomic mass is 9.83. The highest BCUT2D eigenvalue weighted by molar-refractivity contribution is 7.09. The Balaban J connectivity index is 1.28. The molecule has 2 N–H and O–H groups in total. The van der Waals surface area contributed by atoms with E-state index >= 15 is 0 Å². The Morgan fingerprint density at radius 1 is 1.20 bits per heavy atom. The Labute approximate surface area is 178 Å². The highest BCUT2D eigenvalue weighted by atomic mass is 32.1. The number of anilines is 1. The van der Waals surface area contributed by atoms with Crippen LogP contribution in [0.3, 0.4) is 0 Å². The fourth-order valence-electron chi connectivity index (χ4n) is 4.30. The summed E-state index contributed by atoms with van der Waals surface area (Å²) in [6.45, 7) is 1.85. The molecule has 3 aromatic rings. The number of carbonyl (C=O) groups excluding carboxylic acids is 1. The van der Waals surface area contributed by atoms with E-state index in [1.807, 2.05) is 34.7 Å². The van der Waals surface area contributed by atoms with E-state index < -0.39 is 5.60 Å². The van der Waals surface area contributed by atoms with Gasteiger partial charge in [0.25, 0.3) is 5.91 Å². The summed E-state index contributed by atoms with van der Waals surface area (Å²) in [6, 6.07) is 10.2. The summed E-state index contributed by atoms with van der Waals surface area (Å²) >= 11 is 1.54. The lowest BCUT2D eigenvalue weighted by Gasteiger charge is -2.43. The fraction of sp³-hybridized carbons (Fsp3) is 0.364. The summed E-state index contributed by atoms with van der Waals surface area (Å²) in [6.07, 6.45) is 4.74. The van der Waals surface area contributed by atoms with Gasteiger partial charge in [-0.1, -0.05) is 30.3 Å². The predicted octanol–water partition coefficient (Wildman–Crippen LogP) is 2.81. The van der Waals surface area contributed by atoms with Crippen molar-refractivity contribution in [2.75, 3.05) is 25.4 Å². The van der Waals surface area contributed by atoms with Crippen LogP contribution in [0, 0.1) is 0 Å². The van der Waals surface area contributed by atoms with Crippen molar-refractivity contribution in [1.29, 1.82) is 0 Å². The molecule has 5 rings (SSSR count). The maximum atomic E-state index is 13.0. The minimum atomic E-state index is -0.470. The van der Waals surface area contributed by atoms with E-state index in [0.717, 1.165) is 29.1 Å². The number of carbonyl (C=O) groups is 1. The zero-order valence-electron chi connectivity index (χ0n) is 16.6. The van der Waals surface area contributed by atoms with E-state index in [4.69, 9.17) is 10.5 Å². The van der Waals surface area contributed by atoms with Crippen LogP contribution in [0.2, 0.25) is 0 Å². The summed E-state index contributed by atoms with van der Waals surface area (Å²) in [4.78, 5) is 28.1. The Bertz CT molecular complexity index is 1060. The molecule has 1 aromatic carbocycles. The molecular formula is C22H23N5O2S. The first-order valence-corrected chi connectivity index (χ1v) is 11.0. The van der Waals surface area contributed by atoms with Crippen LogP contribution in [0.4, 0.5) is 5.95 Å². The number of rotatable bonds is 3. The number of hydrogen-bond acceptors (Lipinski definition) is 7. The van der Waals surface area contributed by atoms with Gasteiger partial charge in [0.2, 0.25) is 5.95 Å². The second-order valence-electron chi connectivity index (χ2n) is 7.78. The van der Waals surface area contributed by atoms with Crippen molar-refractivity contribution < 1.29 is 9.53 Å². The number of fused-ring (bicyclic) bond motifs is 2. The lowest BCUT2D eigenvalue weighted by molar-refractivity contribution is -0.0967. The van der Waals surface area contributed by atoms with Gasteiger partial charge in [-0.25, -0.2) is 15.0 Å². The van der Waals surface area contributed by atoms with E-state index in [0.29, 0.717) is 38.2 Å². The van der Waals surface area contributed by atoms with Crippen molar-refractivity contribution in [1.82, 2.24) is 19.9 Å². The van der Waals surface area contributed by atoms with Crippen molar-refractivity contribution in [3.05, 3.63) is 69.4 Å². The number of thiazole rings is 1. The van der Waals surface area contributed by atoms with E-state index in [1.54, 1.807) is 0 Å². The largest absolute Gasteiger partial charge is 0.368 e. The molecule has 0 unspecified atom stereocenters. The molecule has 2 aromatic heterocycles. The van der Waals surface area contributed by atoms with Gasteiger partial charge in [0, 0.05) is 31.1 Å². The number of nitrogen functional groups attached to an aromatic ring is 1. The van der Waals surface area contributed by atoms with Gasteiger partial charge in [-0.15, -0.1) is 11.3 Å². The highest BCUT2D eigenvalue weighted by Crippen LogP contribution is 2.40. The van der Waals surface area contributed by atoms with Crippen molar-refractivity contribution in [2.45, 2.75) is 31.3 Å². The topological polar surface area (TPSA) is 94.2 Å². The molecule has 30 heavy (non-hydrogen) atoms. The number of hydrogen-bond donors (Lipinski definition) is 1. The zero-order valence-corrected chi connectivity index (χ0v) is 17.4. The van der Waals surface area contributed by atoms with Gasteiger partial charge in [-0.3, -0.25) is 4.79 Å². The minimum absolute atomic E-state index is 0.0151. The highest BCUT2D eigenvalue weighted by Gasteiger charge is 2.43. The standard InChI is InChI=1S/C22H23N5O2S/c23-21-24-13-16-6-11-29-22(19(16)26-21)7-9-27(10-8-22)20(28)17-14-30-18(25-17)12-15-4-2-1-3-5-15/h1-5,13-14H,6-12H2,(H2,23,24,26). The minimum Gasteiger partial charge on any atom is -0.368 e. The summed E-state index contributed by atoms with van der Waals surface area (Å²) < 4.78 is 6.19. The number of nitrogens with zero attached hydrogens (tertiary/aromatic N) is 4. The van der Waals surface area contributed by atoms with Crippen LogP contribution in [0.15, 0.2) is 41.9 Å². The maximum absolute atomic E-state index is 13.0. The second kappa shape index (κ2) is 7.77. The van der Waals surface area contributed by atoms with Crippen LogP contribution in [0.1, 0.15) is 45.2 Å². The molecule has 0 saturated carbocycles. The number of benzene rings is 1. The quantitative estimate of drug-likeness (QED) is 0.699. The molecule has 0 atom stereocenters. The molecule has 8 heteroatoms. The molecule has 0 radical (unpaired) electrons. The Morgan fingerprint density at radius 3 is 2.80 bits per heavy atom. The summed E-state index contributed by atoms with van der Waals surface area (Å²) in [7, 11) is 0. The molecule has 0 bridgehead atoms. The van der Waals surface area contributed by atoms with Crippen molar-refractivity contribution in [3.8, 4) is 0 Å². The molecule has 1 amide bonds. The summed E-state index contributed by atoms with van der Waals surface area (Å²) in [5.41, 5.74) is 9.08. The Morgan fingerprint density at radius 2 is 2.00 bits per heavy atom. The second-order valence-corrected chi connectivity index (χ2v) is 8.72. The first-order valence-electron chi connectivity index (χ1n) is 10.2. The SMILES string of the molecule is Nc1ncc2c(n1)C1(CCN(C(=O)c3csc(Cc4ccccc4)n3)CC1)OCC2. The molecule has 4 heterocycles. The van der Waals surface area contributed by atoms with Crippen molar-refractivity contribution in [2.24, 2.45) is 0 Å². The van der Waals surface area contributed by atoms with Crippen molar-refractivity contribution in [3.63, 3.8) is 0 Å². The molecule has 0 aliphatic carbocycles. The van der Waals surface area contributed by atoms with Crippen LogP contribution in [-0.2, 0) is 23.2 Å². The number of amides is 1. The smallest absolute Gasteiger partial charge is 0.273 e. The van der Waals surface area contributed by atoms with Crippen LogP contribution in [-0.4, -0.2) is 45.5 Å². The number of likely N-dealkylation sites (tertiary alicyclic amines) is 1. The lowest BCUT2D eigenvalue weighted by Crippen LogP contribution is -2.49. The number of piperidine rings is 1. The monoisotopic (exact) mass is 421 g/mol. The molecule has 154 valence electrons. The van der Waals surface area contributed by atoms with Gasteiger partial charge in [-0.2, -0.15) is 0 Å². The molecule has 7 nitrogen and oxygen atoms in total. The average Bonchev–Trinajstić information content (AvgIpc) is 3.24. The number of aromatic nitrogens is 3. The fourth-order valence-corrected chi connectivity index (χ4v) is 5.10. The van der Waals surface area contributed by atoms with Gasteiger partial charge in [0.1, 0.15) is 11.3 Å². The summed E-state index contributed by atoms with van der Waals surface area (Å²) in [5, 5.41) is 2.82. The summed E-state index contributed by atoms with van der Waals surface area (Å²) in [5.74, 6) is 0.254. The predicted molar refractivity (Wildman–Crippen MR) is 114 cm³/mol. The molecular weight excluding hydrogens is 398 g/mol. The van der Waals surface area contributed by atoms with Crippen LogP contribution < -0.4 is 5.73 Å².